The molecule has 0 saturated heterocycles. The molecule has 0 bridgehead atoms. The fourth-order valence-electron chi connectivity index (χ4n) is 2.41. The zero-order valence-corrected chi connectivity index (χ0v) is 14.8. The molecule has 1 aromatic carbocycles. The van der Waals surface area contributed by atoms with Gasteiger partial charge in [0.1, 0.15) is 5.82 Å². The second-order valence-corrected chi connectivity index (χ2v) is 6.52. The molecule has 3 aromatic rings. The van der Waals surface area contributed by atoms with Gasteiger partial charge < -0.3 is 10.6 Å². The van der Waals surface area contributed by atoms with E-state index >= 15 is 0 Å². The first-order valence-electron chi connectivity index (χ1n) is 8.18. The molecule has 2 N–H and O–H groups in total. The Morgan fingerprint density at radius 2 is 2.00 bits per heavy atom. The quantitative estimate of drug-likeness (QED) is 0.630. The molecule has 0 spiro atoms. The molecule has 5 nitrogen and oxygen atoms in total. The van der Waals surface area contributed by atoms with Crippen molar-refractivity contribution in [2.45, 2.75) is 19.8 Å². The number of thiazole rings is 1. The van der Waals surface area contributed by atoms with E-state index in [0.29, 0.717) is 6.54 Å². The van der Waals surface area contributed by atoms with Crippen LogP contribution in [-0.2, 0) is 11.2 Å². The van der Waals surface area contributed by atoms with Gasteiger partial charge in [-0.3, -0.25) is 4.79 Å². The third kappa shape index (κ3) is 5.12. The lowest BCUT2D eigenvalue weighted by atomic mass is 10.1. The Bertz CT molecular complexity index is 815. The van der Waals surface area contributed by atoms with Crippen molar-refractivity contribution in [2.75, 3.05) is 11.9 Å². The van der Waals surface area contributed by atoms with Crippen LogP contribution in [0.5, 0.6) is 0 Å². The summed E-state index contributed by atoms with van der Waals surface area (Å²) in [5.41, 5.74) is 3.31. The van der Waals surface area contributed by atoms with Gasteiger partial charge in [0.25, 0.3) is 0 Å². The number of aromatic nitrogens is 2. The Balaban J connectivity index is 1.58. The predicted octanol–water partition coefficient (Wildman–Crippen LogP) is 4.02. The maximum Gasteiger partial charge on any atom is 0.216 e. The molecule has 0 fully saturated rings. The summed E-state index contributed by atoms with van der Waals surface area (Å²) in [4.78, 5) is 19.7. The third-order valence-electron chi connectivity index (χ3n) is 3.67. The van der Waals surface area contributed by atoms with Crippen molar-refractivity contribution in [3.8, 4) is 11.3 Å². The number of nitrogens with one attached hydrogen (secondary N) is 2. The molecule has 0 radical (unpaired) electrons. The van der Waals surface area contributed by atoms with Gasteiger partial charge in [-0.25, -0.2) is 9.97 Å². The van der Waals surface area contributed by atoms with Crippen molar-refractivity contribution < 1.29 is 4.79 Å². The van der Waals surface area contributed by atoms with E-state index in [9.17, 15) is 4.79 Å². The Labute approximate surface area is 151 Å². The largest absolute Gasteiger partial charge is 0.356 e. The summed E-state index contributed by atoms with van der Waals surface area (Å²) in [6.07, 6.45) is 3.64. The van der Waals surface area contributed by atoms with Gasteiger partial charge in [-0.2, -0.15) is 0 Å². The number of amides is 1. The molecule has 0 aliphatic heterocycles. The predicted molar refractivity (Wildman–Crippen MR) is 102 cm³/mol. The van der Waals surface area contributed by atoms with Crippen molar-refractivity contribution in [3.05, 3.63) is 59.6 Å². The van der Waals surface area contributed by atoms with E-state index in [1.54, 1.807) is 24.5 Å². The molecule has 0 unspecified atom stereocenters. The highest BCUT2D eigenvalue weighted by Crippen LogP contribution is 2.26. The minimum absolute atomic E-state index is 0.0222. The van der Waals surface area contributed by atoms with Crippen LogP contribution >= 0.6 is 11.3 Å². The first-order valence-corrected chi connectivity index (χ1v) is 9.06. The Hall–Kier alpha value is -2.73. The normalized spacial score (nSPS) is 10.4. The van der Waals surface area contributed by atoms with Crippen LogP contribution in [0.3, 0.4) is 0 Å². The van der Waals surface area contributed by atoms with Crippen molar-refractivity contribution in [3.63, 3.8) is 0 Å². The standard InChI is InChI=1S/C19H20N4OS/c1-14(24)20-12-4-5-15-7-9-16(10-8-15)17-13-25-19(22-17)23-18-6-2-3-11-21-18/h2-3,6-11,13H,4-5,12H2,1H3,(H,20,24)(H,21,22,23). The van der Waals surface area contributed by atoms with E-state index in [4.69, 9.17) is 0 Å². The molecule has 3 rings (SSSR count). The van der Waals surface area contributed by atoms with Crippen LogP contribution < -0.4 is 10.6 Å². The summed E-state index contributed by atoms with van der Waals surface area (Å²) < 4.78 is 0. The van der Waals surface area contributed by atoms with E-state index < -0.39 is 0 Å². The second kappa shape index (κ2) is 8.39. The van der Waals surface area contributed by atoms with Gasteiger partial charge in [-0.1, -0.05) is 30.3 Å². The van der Waals surface area contributed by atoms with Crippen LogP contribution in [-0.4, -0.2) is 22.4 Å². The minimum atomic E-state index is 0.0222. The second-order valence-electron chi connectivity index (χ2n) is 5.66. The Kier molecular flexibility index (Phi) is 5.74. The summed E-state index contributed by atoms with van der Waals surface area (Å²) in [5.74, 6) is 0.812. The summed E-state index contributed by atoms with van der Waals surface area (Å²) >= 11 is 1.56. The van der Waals surface area contributed by atoms with Crippen molar-refractivity contribution in [1.82, 2.24) is 15.3 Å². The topological polar surface area (TPSA) is 66.9 Å². The van der Waals surface area contributed by atoms with Gasteiger partial charge in [0.05, 0.1) is 5.69 Å². The van der Waals surface area contributed by atoms with Crippen LogP contribution in [0.1, 0.15) is 18.9 Å². The maximum atomic E-state index is 10.8. The lowest BCUT2D eigenvalue weighted by molar-refractivity contribution is -0.118. The first kappa shape index (κ1) is 17.1. The Morgan fingerprint density at radius 1 is 1.16 bits per heavy atom. The molecule has 0 aliphatic carbocycles. The van der Waals surface area contributed by atoms with Crippen LogP contribution in [0.4, 0.5) is 10.9 Å². The van der Waals surface area contributed by atoms with E-state index in [-0.39, 0.29) is 5.91 Å². The van der Waals surface area contributed by atoms with Crippen molar-refractivity contribution >= 4 is 28.2 Å². The Morgan fingerprint density at radius 3 is 2.72 bits per heavy atom. The average Bonchev–Trinajstić information content (AvgIpc) is 3.08. The van der Waals surface area contributed by atoms with Crippen molar-refractivity contribution in [1.29, 1.82) is 0 Å². The zero-order chi connectivity index (χ0) is 17.5. The number of hydrogen-bond donors (Lipinski definition) is 2. The maximum absolute atomic E-state index is 10.8. The van der Waals surface area contributed by atoms with E-state index in [1.165, 1.54) is 5.56 Å². The molecule has 0 saturated carbocycles. The van der Waals surface area contributed by atoms with E-state index in [1.807, 2.05) is 23.6 Å². The van der Waals surface area contributed by atoms with Gasteiger partial charge in [-0.15, -0.1) is 11.3 Å². The number of anilines is 2. The molecule has 0 atom stereocenters. The van der Waals surface area contributed by atoms with Gasteiger partial charge in [0.2, 0.25) is 5.91 Å². The number of benzene rings is 1. The average molecular weight is 352 g/mol. The van der Waals surface area contributed by atoms with Gasteiger partial charge in [0, 0.05) is 30.6 Å². The highest BCUT2D eigenvalue weighted by atomic mass is 32.1. The first-order chi connectivity index (χ1) is 12.2. The molecule has 2 heterocycles. The summed E-state index contributed by atoms with van der Waals surface area (Å²) in [7, 11) is 0. The SMILES string of the molecule is CC(=O)NCCCc1ccc(-c2csc(Nc3ccccn3)n2)cc1. The number of hydrogen-bond acceptors (Lipinski definition) is 5. The fraction of sp³-hybridized carbons (Fsp3) is 0.211. The summed E-state index contributed by atoms with van der Waals surface area (Å²) in [6.45, 7) is 2.26. The van der Waals surface area contributed by atoms with Gasteiger partial charge in [-0.05, 0) is 30.5 Å². The van der Waals surface area contributed by atoms with Gasteiger partial charge in [0.15, 0.2) is 5.13 Å². The molecule has 6 heteroatoms. The van der Waals surface area contributed by atoms with Crippen LogP contribution in [0.15, 0.2) is 54.0 Å². The summed E-state index contributed by atoms with van der Waals surface area (Å²) in [6, 6.07) is 14.2. The van der Waals surface area contributed by atoms with Crippen LogP contribution in [0.25, 0.3) is 11.3 Å². The lowest BCUT2D eigenvalue weighted by Gasteiger charge is -2.04. The number of pyridine rings is 1. The molecule has 128 valence electrons. The number of carbonyl (C=O) groups excluding carboxylic acids is 1. The fourth-order valence-corrected chi connectivity index (χ4v) is 3.14. The molecule has 0 aliphatic rings. The zero-order valence-electron chi connectivity index (χ0n) is 14.0. The lowest BCUT2D eigenvalue weighted by Crippen LogP contribution is -2.21. The highest BCUT2D eigenvalue weighted by Gasteiger charge is 2.05. The van der Waals surface area contributed by atoms with Crippen LogP contribution in [0, 0.1) is 0 Å². The molecule has 2 aromatic heterocycles. The molecule has 1 amide bonds. The third-order valence-corrected chi connectivity index (χ3v) is 4.43. The smallest absolute Gasteiger partial charge is 0.216 e. The monoisotopic (exact) mass is 352 g/mol. The molecular weight excluding hydrogens is 332 g/mol. The number of carbonyl (C=O) groups is 1. The number of aryl methyl sites for hydroxylation is 1. The molecular formula is C19H20N4OS. The summed E-state index contributed by atoms with van der Waals surface area (Å²) in [5, 5.41) is 8.89. The van der Waals surface area contributed by atoms with Crippen LogP contribution in [0.2, 0.25) is 0 Å². The van der Waals surface area contributed by atoms with E-state index in [2.05, 4.69) is 44.9 Å². The van der Waals surface area contributed by atoms with Crippen molar-refractivity contribution in [2.24, 2.45) is 0 Å². The number of rotatable bonds is 7. The highest BCUT2D eigenvalue weighted by molar-refractivity contribution is 7.14. The van der Waals surface area contributed by atoms with E-state index in [0.717, 1.165) is 35.0 Å². The minimum Gasteiger partial charge on any atom is -0.356 e. The number of nitrogens with zero attached hydrogens (tertiary/aromatic N) is 2. The molecule has 25 heavy (non-hydrogen) atoms. The van der Waals surface area contributed by atoms with Gasteiger partial charge >= 0.3 is 0 Å².